The Hall–Kier alpha value is -1.10. The van der Waals surface area contributed by atoms with E-state index in [-0.39, 0.29) is 0 Å². The summed E-state index contributed by atoms with van der Waals surface area (Å²) < 4.78 is 0. The fourth-order valence-electron chi connectivity index (χ4n) is 1.64. The molecule has 16 heavy (non-hydrogen) atoms. The second-order valence-corrected chi connectivity index (χ2v) is 4.08. The van der Waals surface area contributed by atoms with E-state index in [1.54, 1.807) is 18.3 Å². The number of alkyl halides is 1. The van der Waals surface area contributed by atoms with Gasteiger partial charge in [0.2, 0.25) is 0 Å². The zero-order valence-corrected chi connectivity index (χ0v) is 9.35. The standard InChI is InChI=1S/C11H13ClN2O2/c12-4-3-10(15)11(16)7-1-2-9-8(5-7)6-13-14-9/h1-2,5-6,10-11,15-16H,3-4H2,(H,13,14). The van der Waals surface area contributed by atoms with Gasteiger partial charge in [0, 0.05) is 11.3 Å². The summed E-state index contributed by atoms with van der Waals surface area (Å²) in [5.74, 6) is 0.326. The molecule has 2 aromatic rings. The largest absolute Gasteiger partial charge is 0.390 e. The molecule has 0 radical (unpaired) electrons. The average molecular weight is 241 g/mol. The van der Waals surface area contributed by atoms with Crippen LogP contribution in [-0.4, -0.2) is 32.4 Å². The lowest BCUT2D eigenvalue weighted by molar-refractivity contribution is 0.0171. The number of hydrogen-bond donors (Lipinski definition) is 3. The van der Waals surface area contributed by atoms with Gasteiger partial charge < -0.3 is 10.2 Å². The van der Waals surface area contributed by atoms with Crippen LogP contribution in [-0.2, 0) is 0 Å². The molecule has 4 nitrogen and oxygen atoms in total. The average Bonchev–Trinajstić information content (AvgIpc) is 2.75. The number of aliphatic hydroxyl groups excluding tert-OH is 2. The van der Waals surface area contributed by atoms with E-state index in [1.807, 2.05) is 6.07 Å². The van der Waals surface area contributed by atoms with Gasteiger partial charge in [-0.1, -0.05) is 6.07 Å². The summed E-state index contributed by atoms with van der Waals surface area (Å²) in [5, 5.41) is 27.1. The lowest BCUT2D eigenvalue weighted by Crippen LogP contribution is -2.18. The first-order valence-corrected chi connectivity index (χ1v) is 5.61. The third kappa shape index (κ3) is 2.19. The van der Waals surface area contributed by atoms with Crippen LogP contribution in [0.15, 0.2) is 24.4 Å². The molecule has 3 N–H and O–H groups in total. The molecule has 0 fully saturated rings. The van der Waals surface area contributed by atoms with E-state index in [9.17, 15) is 10.2 Å². The third-order valence-corrected chi connectivity index (χ3v) is 2.79. The molecule has 2 rings (SSSR count). The zero-order valence-electron chi connectivity index (χ0n) is 8.60. The minimum absolute atomic E-state index is 0.326. The monoisotopic (exact) mass is 240 g/mol. The molecule has 2 atom stereocenters. The number of benzene rings is 1. The van der Waals surface area contributed by atoms with Crippen LogP contribution in [0.2, 0.25) is 0 Å². The van der Waals surface area contributed by atoms with Crippen molar-refractivity contribution in [2.75, 3.05) is 5.88 Å². The van der Waals surface area contributed by atoms with Gasteiger partial charge in [-0.05, 0) is 24.1 Å². The number of nitrogens with zero attached hydrogens (tertiary/aromatic N) is 1. The van der Waals surface area contributed by atoms with Crippen molar-refractivity contribution in [1.29, 1.82) is 0 Å². The molecule has 0 amide bonds. The molecule has 0 saturated heterocycles. The molecule has 2 unspecified atom stereocenters. The molecule has 0 spiro atoms. The molecule has 0 aliphatic carbocycles. The van der Waals surface area contributed by atoms with Crippen LogP contribution in [0, 0.1) is 0 Å². The van der Waals surface area contributed by atoms with E-state index in [2.05, 4.69) is 10.2 Å². The number of aliphatic hydroxyl groups is 2. The van der Waals surface area contributed by atoms with Crippen LogP contribution in [0.4, 0.5) is 0 Å². The van der Waals surface area contributed by atoms with Crippen molar-refractivity contribution < 1.29 is 10.2 Å². The summed E-state index contributed by atoms with van der Waals surface area (Å²) in [6, 6.07) is 5.40. The molecule has 5 heteroatoms. The Kier molecular flexibility index (Phi) is 3.43. The van der Waals surface area contributed by atoms with E-state index >= 15 is 0 Å². The minimum Gasteiger partial charge on any atom is -0.390 e. The van der Waals surface area contributed by atoms with Crippen LogP contribution >= 0.6 is 11.6 Å². The first-order valence-electron chi connectivity index (χ1n) is 5.07. The van der Waals surface area contributed by atoms with Gasteiger partial charge >= 0.3 is 0 Å². The van der Waals surface area contributed by atoms with E-state index in [4.69, 9.17) is 11.6 Å². The Bertz CT molecular complexity index is 472. The summed E-state index contributed by atoms with van der Waals surface area (Å²) in [7, 11) is 0. The predicted octanol–water partition coefficient (Wildman–Crippen LogP) is 1.59. The van der Waals surface area contributed by atoms with Crippen molar-refractivity contribution >= 4 is 22.5 Å². The molecule has 1 aromatic carbocycles. The van der Waals surface area contributed by atoms with Gasteiger partial charge in [-0.15, -0.1) is 11.6 Å². The number of fused-ring (bicyclic) bond motifs is 1. The van der Waals surface area contributed by atoms with Gasteiger partial charge in [-0.25, -0.2) is 0 Å². The maximum absolute atomic E-state index is 9.88. The Morgan fingerprint density at radius 1 is 1.38 bits per heavy atom. The zero-order chi connectivity index (χ0) is 11.5. The van der Waals surface area contributed by atoms with E-state index < -0.39 is 12.2 Å². The van der Waals surface area contributed by atoms with E-state index in [0.717, 1.165) is 10.9 Å². The van der Waals surface area contributed by atoms with Crippen LogP contribution in [0.5, 0.6) is 0 Å². The summed E-state index contributed by atoms with van der Waals surface area (Å²) >= 11 is 5.52. The molecule has 0 aliphatic rings. The summed E-state index contributed by atoms with van der Waals surface area (Å²) in [4.78, 5) is 0. The SMILES string of the molecule is OC(CCCl)C(O)c1ccc2[nH]ncc2c1. The number of rotatable bonds is 4. The first kappa shape index (κ1) is 11.4. The van der Waals surface area contributed by atoms with Crippen LogP contribution < -0.4 is 0 Å². The number of nitrogens with one attached hydrogen (secondary N) is 1. The molecule has 1 heterocycles. The molecule has 1 aromatic heterocycles. The summed E-state index contributed by atoms with van der Waals surface area (Å²) in [6.45, 7) is 0. The Balaban J connectivity index is 2.24. The first-order chi connectivity index (χ1) is 7.72. The van der Waals surface area contributed by atoms with Crippen LogP contribution in [0.1, 0.15) is 18.1 Å². The molecule has 0 saturated carbocycles. The fraction of sp³-hybridized carbons (Fsp3) is 0.364. The van der Waals surface area contributed by atoms with Crippen LogP contribution in [0.3, 0.4) is 0 Å². The highest BCUT2D eigenvalue weighted by Crippen LogP contribution is 2.22. The fourth-order valence-corrected chi connectivity index (χ4v) is 1.86. The van der Waals surface area contributed by atoms with Gasteiger partial charge in [0.1, 0.15) is 6.10 Å². The number of hydrogen-bond acceptors (Lipinski definition) is 3. The van der Waals surface area contributed by atoms with Crippen molar-refractivity contribution in [2.24, 2.45) is 0 Å². The highest BCUT2D eigenvalue weighted by molar-refractivity contribution is 6.17. The highest BCUT2D eigenvalue weighted by Gasteiger charge is 2.17. The lowest BCUT2D eigenvalue weighted by Gasteiger charge is -2.17. The van der Waals surface area contributed by atoms with Gasteiger partial charge in [-0.3, -0.25) is 5.10 Å². The van der Waals surface area contributed by atoms with E-state index in [1.165, 1.54) is 0 Å². The molecule has 0 aliphatic heterocycles. The number of halogens is 1. The highest BCUT2D eigenvalue weighted by atomic mass is 35.5. The molecular weight excluding hydrogens is 228 g/mol. The van der Waals surface area contributed by atoms with Gasteiger partial charge in [-0.2, -0.15) is 5.10 Å². The van der Waals surface area contributed by atoms with Crippen LogP contribution in [0.25, 0.3) is 10.9 Å². The van der Waals surface area contributed by atoms with Gasteiger partial charge in [0.05, 0.1) is 17.8 Å². The maximum Gasteiger partial charge on any atom is 0.105 e. The van der Waals surface area contributed by atoms with Crippen molar-refractivity contribution in [3.05, 3.63) is 30.0 Å². The maximum atomic E-state index is 9.88. The topological polar surface area (TPSA) is 69.1 Å². The van der Waals surface area contributed by atoms with Crippen molar-refractivity contribution in [2.45, 2.75) is 18.6 Å². The van der Waals surface area contributed by atoms with Crippen molar-refractivity contribution in [1.82, 2.24) is 10.2 Å². The van der Waals surface area contributed by atoms with Gasteiger partial charge in [0.25, 0.3) is 0 Å². The lowest BCUT2D eigenvalue weighted by atomic mass is 10.0. The second-order valence-electron chi connectivity index (χ2n) is 3.71. The minimum atomic E-state index is -0.905. The predicted molar refractivity (Wildman–Crippen MR) is 62.4 cm³/mol. The van der Waals surface area contributed by atoms with Crippen molar-refractivity contribution in [3.63, 3.8) is 0 Å². The number of H-pyrrole nitrogens is 1. The van der Waals surface area contributed by atoms with Crippen molar-refractivity contribution in [3.8, 4) is 0 Å². The smallest absolute Gasteiger partial charge is 0.105 e. The Labute approximate surface area is 97.9 Å². The normalized spacial score (nSPS) is 15.2. The Morgan fingerprint density at radius 3 is 2.94 bits per heavy atom. The second kappa shape index (κ2) is 4.82. The number of aromatic amines is 1. The summed E-state index contributed by atoms with van der Waals surface area (Å²) in [5.41, 5.74) is 1.58. The third-order valence-electron chi connectivity index (χ3n) is 2.58. The molecular formula is C11H13ClN2O2. The number of aromatic nitrogens is 2. The molecule has 86 valence electrons. The quantitative estimate of drug-likeness (QED) is 0.711. The van der Waals surface area contributed by atoms with Gasteiger partial charge in [0.15, 0.2) is 0 Å². The summed E-state index contributed by atoms with van der Waals surface area (Å²) in [6.07, 6.45) is 0.311. The Morgan fingerprint density at radius 2 is 2.19 bits per heavy atom. The van der Waals surface area contributed by atoms with E-state index in [0.29, 0.717) is 17.9 Å². The molecule has 0 bridgehead atoms.